The molecule has 0 heterocycles. The molecule has 0 saturated carbocycles. The zero-order valence-electron chi connectivity index (χ0n) is 7.62. The van der Waals surface area contributed by atoms with Crippen molar-refractivity contribution in [3.8, 4) is 0 Å². The highest BCUT2D eigenvalue weighted by atomic mass is 32.2. The molecule has 0 aromatic carbocycles. The largest absolute Gasteiger partial charge is 0.298 e. The number of Topliss-reactive ketones (excluding diaryl/α,β-unsaturated/α-hetero) is 1. The molecule has 0 rings (SSSR count). The lowest BCUT2D eigenvalue weighted by Gasteiger charge is -2.05. The van der Waals surface area contributed by atoms with E-state index in [0.717, 1.165) is 0 Å². The summed E-state index contributed by atoms with van der Waals surface area (Å²) < 4.78 is 23.9. The highest BCUT2D eigenvalue weighted by molar-refractivity contribution is 7.89. The quantitative estimate of drug-likeness (QED) is 0.676. The monoisotopic (exact) mass is 193 g/mol. The molecule has 0 aliphatic rings. The van der Waals surface area contributed by atoms with E-state index in [2.05, 4.69) is 4.72 Å². The van der Waals surface area contributed by atoms with E-state index in [9.17, 15) is 13.2 Å². The molecule has 0 saturated heterocycles. The highest BCUT2D eigenvalue weighted by Crippen LogP contribution is 1.93. The molecule has 72 valence electrons. The highest BCUT2D eigenvalue weighted by Gasteiger charge is 2.11. The minimum atomic E-state index is -3.22. The average Bonchev–Trinajstić information content (AvgIpc) is 2.00. The third kappa shape index (κ3) is 4.46. The van der Waals surface area contributed by atoms with Gasteiger partial charge in [-0.2, -0.15) is 0 Å². The molecule has 5 heteroatoms. The van der Waals surface area contributed by atoms with E-state index in [-0.39, 0.29) is 24.0 Å². The molecule has 0 aromatic heterocycles. The molecule has 0 spiro atoms. The zero-order valence-corrected chi connectivity index (χ0v) is 8.44. The third-order valence-electron chi connectivity index (χ3n) is 1.49. The maximum absolute atomic E-state index is 11.0. The minimum absolute atomic E-state index is 0.0123. The number of hydrogen-bond acceptors (Lipinski definition) is 3. The number of nitrogens with one attached hydrogen (secondary N) is 1. The van der Waals surface area contributed by atoms with Gasteiger partial charge < -0.3 is 0 Å². The van der Waals surface area contributed by atoms with Gasteiger partial charge in [0, 0.05) is 5.92 Å². The summed E-state index contributed by atoms with van der Waals surface area (Å²) >= 11 is 0. The van der Waals surface area contributed by atoms with E-state index in [4.69, 9.17) is 0 Å². The van der Waals surface area contributed by atoms with Gasteiger partial charge in [0.05, 0.1) is 12.3 Å². The fourth-order valence-corrected chi connectivity index (χ4v) is 1.05. The first-order chi connectivity index (χ1) is 5.39. The van der Waals surface area contributed by atoms with E-state index in [1.54, 1.807) is 13.8 Å². The fourth-order valence-electron chi connectivity index (χ4n) is 0.487. The van der Waals surface area contributed by atoms with E-state index >= 15 is 0 Å². The van der Waals surface area contributed by atoms with Crippen LogP contribution in [0.3, 0.4) is 0 Å². The van der Waals surface area contributed by atoms with Gasteiger partial charge in [0.15, 0.2) is 0 Å². The van der Waals surface area contributed by atoms with Crippen molar-refractivity contribution in [2.45, 2.75) is 20.8 Å². The van der Waals surface area contributed by atoms with E-state index in [1.807, 2.05) is 0 Å². The van der Waals surface area contributed by atoms with E-state index in [1.165, 1.54) is 6.92 Å². The zero-order chi connectivity index (χ0) is 9.78. The Labute approximate surface area is 73.4 Å². The predicted molar refractivity (Wildman–Crippen MR) is 47.3 cm³/mol. The van der Waals surface area contributed by atoms with Gasteiger partial charge in [-0.15, -0.1) is 0 Å². The molecule has 0 aliphatic heterocycles. The number of hydrogen-bond donors (Lipinski definition) is 1. The standard InChI is InChI=1S/C7H15NO3S/c1-4-12(10,11)8-5-7(9)6(2)3/h6,8H,4-5H2,1-3H3. The van der Waals surface area contributed by atoms with Crippen LogP contribution in [0.1, 0.15) is 20.8 Å². The predicted octanol–water partition coefficient (Wildman–Crippen LogP) is 0.151. The first kappa shape index (κ1) is 11.6. The Balaban J connectivity index is 3.93. The van der Waals surface area contributed by atoms with Gasteiger partial charge in [-0.1, -0.05) is 13.8 Å². The Kier molecular flexibility index (Phi) is 4.41. The Hall–Kier alpha value is -0.420. The van der Waals surface area contributed by atoms with Gasteiger partial charge in [-0.25, -0.2) is 13.1 Å². The van der Waals surface area contributed by atoms with Crippen molar-refractivity contribution in [2.75, 3.05) is 12.3 Å². The summed E-state index contributed by atoms with van der Waals surface area (Å²) in [5.74, 6) is -0.199. The minimum Gasteiger partial charge on any atom is -0.298 e. The topological polar surface area (TPSA) is 63.2 Å². The normalized spacial score (nSPS) is 12.0. The lowest BCUT2D eigenvalue weighted by atomic mass is 10.1. The molecular formula is C7H15NO3S. The van der Waals surface area contributed by atoms with Crippen LogP contribution in [-0.4, -0.2) is 26.5 Å². The van der Waals surface area contributed by atoms with Gasteiger partial charge in [0.1, 0.15) is 5.78 Å². The van der Waals surface area contributed by atoms with Crippen LogP contribution in [-0.2, 0) is 14.8 Å². The smallest absolute Gasteiger partial charge is 0.211 e. The van der Waals surface area contributed by atoms with Crippen molar-refractivity contribution in [1.82, 2.24) is 4.72 Å². The molecule has 0 amide bonds. The Morgan fingerprint density at radius 3 is 2.25 bits per heavy atom. The number of carbonyl (C=O) groups is 1. The van der Waals surface area contributed by atoms with Crippen molar-refractivity contribution < 1.29 is 13.2 Å². The van der Waals surface area contributed by atoms with Gasteiger partial charge in [0.2, 0.25) is 10.0 Å². The summed E-state index contributed by atoms with van der Waals surface area (Å²) in [5, 5.41) is 0. The summed E-state index contributed by atoms with van der Waals surface area (Å²) in [7, 11) is -3.22. The Morgan fingerprint density at radius 2 is 1.92 bits per heavy atom. The maximum Gasteiger partial charge on any atom is 0.211 e. The van der Waals surface area contributed by atoms with E-state index in [0.29, 0.717) is 0 Å². The maximum atomic E-state index is 11.0. The van der Waals surface area contributed by atoms with Crippen LogP contribution in [0.25, 0.3) is 0 Å². The van der Waals surface area contributed by atoms with Crippen molar-refractivity contribution in [1.29, 1.82) is 0 Å². The molecule has 0 aromatic rings. The second-order valence-electron chi connectivity index (χ2n) is 2.85. The first-order valence-electron chi connectivity index (χ1n) is 3.89. The molecule has 12 heavy (non-hydrogen) atoms. The van der Waals surface area contributed by atoms with Gasteiger partial charge in [0.25, 0.3) is 0 Å². The average molecular weight is 193 g/mol. The summed E-state index contributed by atoms with van der Waals surface area (Å²) in [6.07, 6.45) is 0. The van der Waals surface area contributed by atoms with Crippen molar-refractivity contribution in [3.05, 3.63) is 0 Å². The number of ketones is 1. The summed E-state index contributed by atoms with van der Waals surface area (Å²) in [6, 6.07) is 0. The van der Waals surface area contributed by atoms with Crippen LogP contribution in [0, 0.1) is 5.92 Å². The van der Waals surface area contributed by atoms with Crippen LogP contribution >= 0.6 is 0 Å². The number of carbonyl (C=O) groups excluding carboxylic acids is 1. The summed E-state index contributed by atoms with van der Waals surface area (Å²) in [5.41, 5.74) is 0. The molecule has 0 radical (unpaired) electrons. The molecule has 0 bridgehead atoms. The van der Waals surface area contributed by atoms with Crippen LogP contribution in [0.4, 0.5) is 0 Å². The number of rotatable bonds is 5. The van der Waals surface area contributed by atoms with Gasteiger partial charge in [-0.3, -0.25) is 4.79 Å². The molecule has 4 nitrogen and oxygen atoms in total. The van der Waals surface area contributed by atoms with Crippen molar-refractivity contribution >= 4 is 15.8 Å². The van der Waals surface area contributed by atoms with E-state index < -0.39 is 10.0 Å². The molecule has 0 aliphatic carbocycles. The number of sulfonamides is 1. The van der Waals surface area contributed by atoms with Crippen molar-refractivity contribution in [3.63, 3.8) is 0 Å². The van der Waals surface area contributed by atoms with Crippen LogP contribution < -0.4 is 4.72 Å². The summed E-state index contributed by atoms with van der Waals surface area (Å²) in [6.45, 7) is 4.92. The fraction of sp³-hybridized carbons (Fsp3) is 0.857. The third-order valence-corrected chi connectivity index (χ3v) is 2.83. The molecule has 1 N–H and O–H groups in total. The SMILES string of the molecule is CCS(=O)(=O)NCC(=O)C(C)C. The molecule has 0 fully saturated rings. The second kappa shape index (κ2) is 4.57. The van der Waals surface area contributed by atoms with Crippen LogP contribution in [0.5, 0.6) is 0 Å². The molecule has 0 unspecified atom stereocenters. The van der Waals surface area contributed by atoms with Crippen molar-refractivity contribution in [2.24, 2.45) is 5.92 Å². The van der Waals surface area contributed by atoms with Gasteiger partial charge >= 0.3 is 0 Å². The van der Waals surface area contributed by atoms with Gasteiger partial charge in [-0.05, 0) is 6.92 Å². The lowest BCUT2D eigenvalue weighted by molar-refractivity contribution is -0.120. The Bertz CT molecular complexity index is 243. The first-order valence-corrected chi connectivity index (χ1v) is 5.54. The van der Waals surface area contributed by atoms with Crippen LogP contribution in [0.15, 0.2) is 0 Å². The molecule has 0 atom stereocenters. The second-order valence-corrected chi connectivity index (χ2v) is 4.94. The van der Waals surface area contributed by atoms with Crippen LogP contribution in [0.2, 0.25) is 0 Å². The lowest BCUT2D eigenvalue weighted by Crippen LogP contribution is -2.32. The summed E-state index contributed by atoms with van der Waals surface area (Å²) in [4.78, 5) is 11.0. The molecular weight excluding hydrogens is 178 g/mol. The Morgan fingerprint density at radius 1 is 1.42 bits per heavy atom.